The van der Waals surface area contributed by atoms with Crippen LogP contribution in [0, 0.1) is 0 Å². The highest BCUT2D eigenvalue weighted by Gasteiger charge is 2.28. The molecule has 0 aromatic rings. The topological polar surface area (TPSA) is 105 Å². The van der Waals surface area contributed by atoms with Crippen LogP contribution in [0.15, 0.2) is 109 Å². The van der Waals surface area contributed by atoms with Crippen molar-refractivity contribution in [1.29, 1.82) is 0 Å². The molecule has 3 unspecified atom stereocenters. The maximum absolute atomic E-state index is 13.1. The van der Waals surface area contributed by atoms with E-state index < -0.39 is 20.0 Å². The predicted molar refractivity (Wildman–Crippen MR) is 415 cm³/mol. The molecule has 0 aliphatic rings. The summed E-state index contributed by atoms with van der Waals surface area (Å²) in [6, 6.07) is -0.876. The lowest BCUT2D eigenvalue weighted by atomic mass is 10.0. The fourth-order valence-corrected chi connectivity index (χ4v) is 12.5. The first-order valence-electron chi connectivity index (χ1n) is 40.3. The first kappa shape index (κ1) is 91.2. The maximum atomic E-state index is 13.1. The zero-order chi connectivity index (χ0) is 68.3. The first-order valence-corrected chi connectivity index (χ1v) is 41.8. The molecular weight excluding hydrogens is 1180 g/mol. The van der Waals surface area contributed by atoms with E-state index in [9.17, 15) is 19.4 Å². The summed E-state index contributed by atoms with van der Waals surface area (Å²) in [4.78, 5) is 23.5. The van der Waals surface area contributed by atoms with E-state index in [1.54, 1.807) is 6.08 Å². The number of carbonyl (C=O) groups is 1. The number of aliphatic hydroxyl groups is 1. The van der Waals surface area contributed by atoms with Gasteiger partial charge < -0.3 is 19.8 Å². The Labute approximate surface area is 584 Å². The number of rotatable bonds is 74. The number of amides is 1. The summed E-state index contributed by atoms with van der Waals surface area (Å²) < 4.78 is 23.9. The molecular formula is C85H156N2O6P+. The third kappa shape index (κ3) is 76.5. The van der Waals surface area contributed by atoms with Crippen molar-refractivity contribution in [2.24, 2.45) is 0 Å². The summed E-state index contributed by atoms with van der Waals surface area (Å²) >= 11 is 0. The van der Waals surface area contributed by atoms with Crippen molar-refractivity contribution in [3.05, 3.63) is 109 Å². The van der Waals surface area contributed by atoms with Gasteiger partial charge in [-0.15, -0.1) is 0 Å². The molecule has 546 valence electrons. The Morgan fingerprint density at radius 1 is 0.372 bits per heavy atom. The lowest BCUT2D eigenvalue weighted by Gasteiger charge is -2.25. The second-order valence-electron chi connectivity index (χ2n) is 28.4. The van der Waals surface area contributed by atoms with Crippen LogP contribution < -0.4 is 5.32 Å². The first-order chi connectivity index (χ1) is 46.0. The van der Waals surface area contributed by atoms with Crippen molar-refractivity contribution in [3.63, 3.8) is 0 Å². The normalized spacial score (nSPS) is 14.1. The Morgan fingerprint density at radius 2 is 0.649 bits per heavy atom. The SMILES string of the molecule is CC/C=C\C/C=C\C/C=C\C/C=C\C/C=C\C/C=C\CCCCCCCCCCCCCCCCCCCCCCCCC(=O)NC(COP(=O)(O)OCC[N+](C)(C)C)C(O)/C=C/CC/C=C/CC/C=C/CCCCCCCCCCCCCCCCCCCCCCC. The van der Waals surface area contributed by atoms with Crippen LogP contribution >= 0.6 is 7.82 Å². The number of unbranched alkanes of at least 4 members (excludes halogenated alkanes) is 45. The lowest BCUT2D eigenvalue weighted by Crippen LogP contribution is -2.45. The van der Waals surface area contributed by atoms with Crippen LogP contribution in [0.2, 0.25) is 0 Å². The average molecular weight is 1330 g/mol. The number of phosphoric acid groups is 1. The average Bonchev–Trinajstić information content (AvgIpc) is 1.77. The molecule has 94 heavy (non-hydrogen) atoms. The second kappa shape index (κ2) is 74.4. The minimum absolute atomic E-state index is 0.0519. The van der Waals surface area contributed by atoms with E-state index in [2.05, 4.69) is 116 Å². The van der Waals surface area contributed by atoms with Crippen LogP contribution in [0.4, 0.5) is 0 Å². The number of allylic oxidation sites excluding steroid dienone is 17. The van der Waals surface area contributed by atoms with Crippen molar-refractivity contribution >= 4 is 13.7 Å². The van der Waals surface area contributed by atoms with Gasteiger partial charge in [-0.05, 0) is 96.3 Å². The summed E-state index contributed by atoms with van der Waals surface area (Å²) in [5.41, 5.74) is 0. The van der Waals surface area contributed by atoms with Crippen LogP contribution in [0.1, 0.15) is 373 Å². The highest BCUT2D eigenvalue weighted by atomic mass is 31.2. The molecule has 0 aromatic carbocycles. The quantitative estimate of drug-likeness (QED) is 0.0243. The molecule has 0 spiro atoms. The van der Waals surface area contributed by atoms with Gasteiger partial charge >= 0.3 is 7.82 Å². The molecule has 0 aromatic heterocycles. The zero-order valence-corrected chi connectivity index (χ0v) is 63.6. The van der Waals surface area contributed by atoms with Crippen LogP contribution in [-0.4, -0.2) is 73.4 Å². The largest absolute Gasteiger partial charge is 0.472 e. The zero-order valence-electron chi connectivity index (χ0n) is 62.7. The fraction of sp³-hybridized carbons (Fsp3) is 0.776. The standard InChI is InChI=1S/C85H155N2O6P/c1-6-8-10-12-14-16-18-20-22-24-26-28-30-32-34-36-38-39-40-41-42-43-44-45-46-47-49-51-53-55-57-59-61-63-65-67-69-71-73-75-77-79-85(89)86-83(82-93-94(90,91)92-81-80-87(3,4)5)84(88)78-76-74-72-70-68-66-64-62-60-58-56-54-52-50-48-37-35-33-31-29-27-25-23-21-19-17-15-13-11-9-7-2/h8,10,14,16,20,22,26,28,32,34,38-39,60,62,68,70,76,78,83-84,88H,6-7,9,11-13,15,17-19,21,23-25,27,29-31,33,35-37,40-59,61,63-67,69,71-75,77,79-82H2,1-5H3,(H-,86,89,90,91)/p+1/b10-8-,16-14-,22-20-,28-26-,34-32-,39-38-,62-60+,70-68+,78-76+. The minimum Gasteiger partial charge on any atom is -0.387 e. The molecule has 0 saturated heterocycles. The highest BCUT2D eigenvalue weighted by molar-refractivity contribution is 7.47. The number of phosphoric ester groups is 1. The van der Waals surface area contributed by atoms with E-state index in [1.165, 1.54) is 270 Å². The maximum Gasteiger partial charge on any atom is 0.472 e. The number of carbonyl (C=O) groups excluding carboxylic acids is 1. The third-order valence-electron chi connectivity index (χ3n) is 18.0. The summed E-state index contributed by atoms with van der Waals surface area (Å²) in [6.07, 6.45) is 110. The number of hydrogen-bond acceptors (Lipinski definition) is 5. The fourth-order valence-electron chi connectivity index (χ4n) is 11.8. The van der Waals surface area contributed by atoms with E-state index in [4.69, 9.17) is 9.05 Å². The van der Waals surface area contributed by atoms with Crippen molar-refractivity contribution in [2.45, 2.75) is 386 Å². The summed E-state index contributed by atoms with van der Waals surface area (Å²) in [5.74, 6) is -0.187. The molecule has 3 atom stereocenters. The van der Waals surface area contributed by atoms with Gasteiger partial charge in [0.15, 0.2) is 0 Å². The number of nitrogens with zero attached hydrogens (tertiary/aromatic N) is 1. The Morgan fingerprint density at radius 3 is 0.979 bits per heavy atom. The molecule has 3 N–H and O–H groups in total. The van der Waals surface area contributed by atoms with Gasteiger partial charge in [0, 0.05) is 6.42 Å². The van der Waals surface area contributed by atoms with Gasteiger partial charge in [0.25, 0.3) is 0 Å². The Hall–Kier alpha value is -2.84. The third-order valence-corrected chi connectivity index (χ3v) is 18.9. The second-order valence-corrected chi connectivity index (χ2v) is 29.8. The van der Waals surface area contributed by atoms with Gasteiger partial charge in [-0.25, -0.2) is 4.57 Å². The van der Waals surface area contributed by atoms with Crippen LogP contribution in [0.25, 0.3) is 0 Å². The molecule has 0 fully saturated rings. The van der Waals surface area contributed by atoms with E-state index >= 15 is 0 Å². The molecule has 0 heterocycles. The number of hydrogen-bond donors (Lipinski definition) is 3. The Kier molecular flexibility index (Phi) is 72.1. The van der Waals surface area contributed by atoms with E-state index in [-0.39, 0.29) is 19.1 Å². The van der Waals surface area contributed by atoms with Crippen LogP contribution in [0.5, 0.6) is 0 Å². The Bertz CT molecular complexity index is 1910. The predicted octanol–water partition coefficient (Wildman–Crippen LogP) is 26.6. The summed E-state index contributed by atoms with van der Waals surface area (Å²) in [6.45, 7) is 4.71. The molecule has 8 nitrogen and oxygen atoms in total. The van der Waals surface area contributed by atoms with Crippen molar-refractivity contribution in [1.82, 2.24) is 5.32 Å². The highest BCUT2D eigenvalue weighted by Crippen LogP contribution is 2.43. The molecule has 0 aliphatic heterocycles. The summed E-state index contributed by atoms with van der Waals surface area (Å²) in [5, 5.41) is 14.0. The van der Waals surface area contributed by atoms with Gasteiger partial charge in [-0.2, -0.15) is 0 Å². The molecule has 9 heteroatoms. The van der Waals surface area contributed by atoms with Crippen molar-refractivity contribution < 1.29 is 32.9 Å². The molecule has 0 radical (unpaired) electrons. The summed E-state index contributed by atoms with van der Waals surface area (Å²) in [7, 11) is 1.55. The number of quaternary nitrogens is 1. The monoisotopic (exact) mass is 1330 g/mol. The molecule has 0 aliphatic carbocycles. The molecule has 0 saturated carbocycles. The molecule has 1 amide bonds. The van der Waals surface area contributed by atoms with Crippen molar-refractivity contribution in [3.8, 4) is 0 Å². The molecule has 0 bridgehead atoms. The Balaban J connectivity index is 4.01. The van der Waals surface area contributed by atoms with Crippen LogP contribution in [-0.2, 0) is 18.4 Å². The number of nitrogens with one attached hydrogen (secondary N) is 1. The van der Waals surface area contributed by atoms with E-state index in [0.29, 0.717) is 17.4 Å². The molecule has 0 rings (SSSR count). The van der Waals surface area contributed by atoms with Gasteiger partial charge in [-0.1, -0.05) is 380 Å². The smallest absolute Gasteiger partial charge is 0.387 e. The van der Waals surface area contributed by atoms with Gasteiger partial charge in [0.05, 0.1) is 39.9 Å². The van der Waals surface area contributed by atoms with Crippen LogP contribution in [0.3, 0.4) is 0 Å². The van der Waals surface area contributed by atoms with Gasteiger partial charge in [0.1, 0.15) is 13.2 Å². The van der Waals surface area contributed by atoms with E-state index in [0.717, 1.165) is 83.5 Å². The number of aliphatic hydroxyl groups excluding tert-OH is 1. The minimum atomic E-state index is -4.37. The lowest BCUT2D eigenvalue weighted by molar-refractivity contribution is -0.870. The van der Waals surface area contributed by atoms with Gasteiger partial charge in [0.2, 0.25) is 5.91 Å². The van der Waals surface area contributed by atoms with E-state index in [1.807, 2.05) is 27.2 Å². The number of likely N-dealkylation sites (N-methyl/N-ethyl adjacent to an activating group) is 1. The van der Waals surface area contributed by atoms with Gasteiger partial charge in [-0.3, -0.25) is 13.8 Å². The van der Waals surface area contributed by atoms with Crippen molar-refractivity contribution in [2.75, 3.05) is 40.9 Å².